The first kappa shape index (κ1) is 15.5. The lowest BCUT2D eigenvalue weighted by molar-refractivity contribution is 0.413. The lowest BCUT2D eigenvalue weighted by atomic mass is 10.1. The molecule has 0 bridgehead atoms. The van der Waals surface area contributed by atoms with Crippen LogP contribution in [-0.2, 0) is 20.0 Å². The second kappa shape index (κ2) is 7.22. The minimum Gasteiger partial charge on any atom is -0.421 e. The van der Waals surface area contributed by atoms with Gasteiger partial charge in [-0.05, 0) is 31.5 Å². The van der Waals surface area contributed by atoms with Crippen molar-refractivity contribution in [1.82, 2.24) is 20.1 Å². The van der Waals surface area contributed by atoms with Crippen molar-refractivity contribution in [1.29, 1.82) is 0 Å². The smallest absolute Gasteiger partial charge is 0.221 e. The monoisotopic (exact) mass is 288 g/mol. The van der Waals surface area contributed by atoms with Crippen LogP contribution in [0.25, 0.3) is 0 Å². The number of aromatic nitrogens is 3. The van der Waals surface area contributed by atoms with Gasteiger partial charge in [0.05, 0.1) is 5.69 Å². The molecular weight excluding hydrogens is 264 g/mol. The predicted octanol–water partition coefficient (Wildman–Crippen LogP) is 2.98. The third-order valence-electron chi connectivity index (χ3n) is 3.17. The molecule has 2 aromatic rings. The standard InChI is InChI=1S/C16H24N4O/c1-5-7-14-9-13(11-17-6-2)10-15(18-14)21-16-8-12(3)19-20(16)4/h8-10,17H,5-7,11H2,1-4H3. The third kappa shape index (κ3) is 4.29. The van der Waals surface area contributed by atoms with Gasteiger partial charge in [0.1, 0.15) is 0 Å². The molecule has 21 heavy (non-hydrogen) atoms. The van der Waals surface area contributed by atoms with Crippen molar-refractivity contribution in [3.63, 3.8) is 0 Å². The molecule has 0 saturated carbocycles. The molecule has 0 amide bonds. The van der Waals surface area contributed by atoms with Gasteiger partial charge in [0.15, 0.2) is 0 Å². The van der Waals surface area contributed by atoms with Crippen LogP contribution in [0.3, 0.4) is 0 Å². The summed E-state index contributed by atoms with van der Waals surface area (Å²) in [6.07, 6.45) is 2.03. The van der Waals surface area contributed by atoms with E-state index in [1.54, 1.807) is 4.68 Å². The summed E-state index contributed by atoms with van der Waals surface area (Å²) in [5, 5.41) is 7.63. The number of hydrogen-bond donors (Lipinski definition) is 1. The normalized spacial score (nSPS) is 10.9. The molecule has 0 aliphatic rings. The Labute approximate surface area is 126 Å². The van der Waals surface area contributed by atoms with E-state index in [9.17, 15) is 0 Å². The fraction of sp³-hybridized carbons (Fsp3) is 0.500. The minimum absolute atomic E-state index is 0.636. The Morgan fingerprint density at radius 2 is 2.05 bits per heavy atom. The van der Waals surface area contributed by atoms with Crippen molar-refractivity contribution in [3.8, 4) is 11.8 Å². The molecule has 5 nitrogen and oxygen atoms in total. The van der Waals surface area contributed by atoms with Crippen molar-refractivity contribution in [2.75, 3.05) is 6.54 Å². The van der Waals surface area contributed by atoms with Crippen molar-refractivity contribution < 1.29 is 4.74 Å². The van der Waals surface area contributed by atoms with Crippen LogP contribution >= 0.6 is 0 Å². The molecule has 0 aliphatic heterocycles. The quantitative estimate of drug-likeness (QED) is 0.851. The number of hydrogen-bond acceptors (Lipinski definition) is 4. The van der Waals surface area contributed by atoms with E-state index in [0.717, 1.165) is 37.3 Å². The number of aryl methyl sites for hydroxylation is 3. The highest BCUT2D eigenvalue weighted by molar-refractivity contribution is 5.29. The molecule has 0 unspecified atom stereocenters. The van der Waals surface area contributed by atoms with Crippen molar-refractivity contribution in [2.24, 2.45) is 7.05 Å². The predicted molar refractivity (Wildman–Crippen MR) is 83.6 cm³/mol. The highest BCUT2D eigenvalue weighted by Gasteiger charge is 2.08. The number of rotatable bonds is 7. The second-order valence-corrected chi connectivity index (χ2v) is 5.18. The summed E-state index contributed by atoms with van der Waals surface area (Å²) in [5.41, 5.74) is 3.20. The second-order valence-electron chi connectivity index (χ2n) is 5.18. The van der Waals surface area contributed by atoms with E-state index in [1.807, 2.05) is 26.1 Å². The zero-order chi connectivity index (χ0) is 15.2. The van der Waals surface area contributed by atoms with E-state index in [2.05, 4.69) is 35.3 Å². The molecule has 0 atom stereocenters. The number of pyridine rings is 1. The highest BCUT2D eigenvalue weighted by Crippen LogP contribution is 2.22. The zero-order valence-electron chi connectivity index (χ0n) is 13.3. The van der Waals surface area contributed by atoms with Crippen LogP contribution in [0.15, 0.2) is 18.2 Å². The van der Waals surface area contributed by atoms with Gasteiger partial charge in [0.2, 0.25) is 11.8 Å². The Bertz CT molecular complexity index is 592. The molecule has 2 heterocycles. The summed E-state index contributed by atoms with van der Waals surface area (Å²) in [7, 11) is 1.87. The van der Waals surface area contributed by atoms with Crippen LogP contribution in [-0.4, -0.2) is 21.3 Å². The summed E-state index contributed by atoms with van der Waals surface area (Å²) in [6.45, 7) is 7.98. The summed E-state index contributed by atoms with van der Waals surface area (Å²) in [6, 6.07) is 6.05. The molecule has 0 saturated heterocycles. The van der Waals surface area contributed by atoms with E-state index in [-0.39, 0.29) is 0 Å². The first-order valence-corrected chi connectivity index (χ1v) is 7.51. The van der Waals surface area contributed by atoms with E-state index in [0.29, 0.717) is 11.8 Å². The lowest BCUT2D eigenvalue weighted by Gasteiger charge is -2.10. The average molecular weight is 288 g/mol. The van der Waals surface area contributed by atoms with Gasteiger partial charge in [-0.1, -0.05) is 20.3 Å². The molecule has 0 fully saturated rings. The topological polar surface area (TPSA) is 52.0 Å². The Morgan fingerprint density at radius 3 is 2.67 bits per heavy atom. The SMILES string of the molecule is CCCc1cc(CNCC)cc(Oc2cc(C)nn2C)n1. The summed E-state index contributed by atoms with van der Waals surface area (Å²) >= 11 is 0. The molecule has 0 aromatic carbocycles. The largest absolute Gasteiger partial charge is 0.421 e. The minimum atomic E-state index is 0.636. The van der Waals surface area contributed by atoms with E-state index < -0.39 is 0 Å². The van der Waals surface area contributed by atoms with E-state index in [1.165, 1.54) is 5.56 Å². The van der Waals surface area contributed by atoms with Crippen LogP contribution in [0.2, 0.25) is 0 Å². The molecule has 0 spiro atoms. The van der Waals surface area contributed by atoms with Crippen LogP contribution in [0.1, 0.15) is 37.2 Å². The maximum Gasteiger partial charge on any atom is 0.221 e. The molecule has 114 valence electrons. The number of nitrogens with zero attached hydrogens (tertiary/aromatic N) is 3. The van der Waals surface area contributed by atoms with Crippen LogP contribution in [0.4, 0.5) is 0 Å². The van der Waals surface area contributed by atoms with Gasteiger partial charge in [-0.2, -0.15) is 5.10 Å². The number of ether oxygens (including phenoxy) is 1. The van der Waals surface area contributed by atoms with Gasteiger partial charge in [-0.3, -0.25) is 0 Å². The molecule has 1 N–H and O–H groups in total. The first-order chi connectivity index (χ1) is 10.1. The Kier molecular flexibility index (Phi) is 5.33. The third-order valence-corrected chi connectivity index (χ3v) is 3.17. The fourth-order valence-corrected chi connectivity index (χ4v) is 2.22. The van der Waals surface area contributed by atoms with E-state index in [4.69, 9.17) is 4.74 Å². The maximum atomic E-state index is 5.90. The van der Waals surface area contributed by atoms with Crippen LogP contribution in [0, 0.1) is 6.92 Å². The fourth-order valence-electron chi connectivity index (χ4n) is 2.22. The van der Waals surface area contributed by atoms with Gasteiger partial charge in [0, 0.05) is 31.4 Å². The molecule has 0 radical (unpaired) electrons. The number of nitrogens with one attached hydrogen (secondary N) is 1. The Morgan fingerprint density at radius 1 is 1.24 bits per heavy atom. The maximum absolute atomic E-state index is 5.90. The summed E-state index contributed by atoms with van der Waals surface area (Å²) in [4.78, 5) is 4.59. The lowest BCUT2D eigenvalue weighted by Crippen LogP contribution is -2.12. The van der Waals surface area contributed by atoms with Crippen LogP contribution in [0.5, 0.6) is 11.8 Å². The van der Waals surface area contributed by atoms with Crippen molar-refractivity contribution in [2.45, 2.75) is 40.2 Å². The highest BCUT2D eigenvalue weighted by atomic mass is 16.5. The molecule has 2 aromatic heterocycles. The molecule has 2 rings (SSSR count). The first-order valence-electron chi connectivity index (χ1n) is 7.51. The van der Waals surface area contributed by atoms with Crippen molar-refractivity contribution in [3.05, 3.63) is 35.2 Å². The Balaban J connectivity index is 2.24. The zero-order valence-corrected chi connectivity index (χ0v) is 13.3. The van der Waals surface area contributed by atoms with E-state index >= 15 is 0 Å². The molecular formula is C16H24N4O. The summed E-state index contributed by atoms with van der Waals surface area (Å²) < 4.78 is 7.63. The summed E-state index contributed by atoms with van der Waals surface area (Å²) in [5.74, 6) is 1.35. The Hall–Kier alpha value is -1.88. The van der Waals surface area contributed by atoms with Gasteiger partial charge >= 0.3 is 0 Å². The van der Waals surface area contributed by atoms with Gasteiger partial charge in [0.25, 0.3) is 0 Å². The van der Waals surface area contributed by atoms with Gasteiger partial charge in [-0.25, -0.2) is 9.67 Å². The van der Waals surface area contributed by atoms with Crippen molar-refractivity contribution >= 4 is 0 Å². The molecule has 5 heteroatoms. The van der Waals surface area contributed by atoms with Gasteiger partial charge < -0.3 is 10.1 Å². The molecule has 0 aliphatic carbocycles. The van der Waals surface area contributed by atoms with Crippen LogP contribution < -0.4 is 10.1 Å². The average Bonchev–Trinajstić information content (AvgIpc) is 2.75. The van der Waals surface area contributed by atoms with Gasteiger partial charge in [-0.15, -0.1) is 0 Å².